The number of carbonyl (C=O) groups excluding carboxylic acids is 1. The third-order valence-electron chi connectivity index (χ3n) is 2.09. The van der Waals surface area contributed by atoms with Crippen LogP contribution in [0.2, 0.25) is 5.02 Å². The van der Waals surface area contributed by atoms with Crippen molar-refractivity contribution in [3.05, 3.63) is 28.8 Å². The minimum absolute atomic E-state index is 0.185. The minimum Gasteiger partial charge on any atom is -0.398 e. The molecule has 0 saturated heterocycles. The van der Waals surface area contributed by atoms with Crippen LogP contribution in [0.3, 0.4) is 0 Å². The first-order valence-electron chi connectivity index (χ1n) is 4.34. The average Bonchev–Trinajstić information content (AvgIpc) is 2.11. The maximum atomic E-state index is 10.8. The molecule has 0 radical (unpaired) electrons. The largest absolute Gasteiger partial charge is 0.398 e. The Kier molecular flexibility index (Phi) is 3.36. The van der Waals surface area contributed by atoms with E-state index < -0.39 is 0 Å². The van der Waals surface area contributed by atoms with Gasteiger partial charge in [0.05, 0.1) is 10.7 Å². The second-order valence-electron chi connectivity index (χ2n) is 3.36. The van der Waals surface area contributed by atoms with Gasteiger partial charge in [-0.1, -0.05) is 24.6 Å². The molecular formula is C10H13ClN2O. The van der Waals surface area contributed by atoms with Crippen LogP contribution >= 0.6 is 11.6 Å². The molecule has 1 unspecified atom stereocenters. The van der Waals surface area contributed by atoms with Gasteiger partial charge >= 0.3 is 0 Å². The molecule has 0 aliphatic carbocycles. The highest BCUT2D eigenvalue weighted by molar-refractivity contribution is 6.33. The molecule has 0 fully saturated rings. The molecule has 1 amide bonds. The maximum absolute atomic E-state index is 10.8. The first-order valence-corrected chi connectivity index (χ1v) is 4.71. The minimum atomic E-state index is -0.307. The van der Waals surface area contributed by atoms with Gasteiger partial charge in [0.2, 0.25) is 5.91 Å². The summed E-state index contributed by atoms with van der Waals surface area (Å²) in [6, 6.07) is 5.33. The lowest BCUT2D eigenvalue weighted by Gasteiger charge is -2.08. The van der Waals surface area contributed by atoms with Gasteiger partial charge in [-0.15, -0.1) is 0 Å². The first-order chi connectivity index (χ1) is 6.50. The van der Waals surface area contributed by atoms with Crippen LogP contribution in [-0.2, 0) is 11.2 Å². The number of benzene rings is 1. The lowest BCUT2D eigenvalue weighted by atomic mass is 10.0. The monoisotopic (exact) mass is 212 g/mol. The molecule has 1 atom stereocenters. The van der Waals surface area contributed by atoms with Crippen LogP contribution < -0.4 is 11.5 Å². The topological polar surface area (TPSA) is 69.1 Å². The van der Waals surface area contributed by atoms with E-state index in [2.05, 4.69) is 0 Å². The van der Waals surface area contributed by atoms with Gasteiger partial charge in [0.25, 0.3) is 0 Å². The summed E-state index contributed by atoms with van der Waals surface area (Å²) < 4.78 is 0. The molecule has 1 aromatic carbocycles. The van der Waals surface area contributed by atoms with E-state index in [4.69, 9.17) is 23.1 Å². The zero-order valence-corrected chi connectivity index (χ0v) is 8.71. The van der Waals surface area contributed by atoms with E-state index in [1.807, 2.05) is 6.07 Å². The van der Waals surface area contributed by atoms with Crippen LogP contribution in [0.15, 0.2) is 18.2 Å². The summed E-state index contributed by atoms with van der Waals surface area (Å²) in [4.78, 5) is 10.8. The number of nitrogen functional groups attached to an aromatic ring is 1. The molecule has 0 spiro atoms. The number of primary amides is 1. The van der Waals surface area contributed by atoms with Crippen LogP contribution in [-0.4, -0.2) is 5.91 Å². The highest BCUT2D eigenvalue weighted by Crippen LogP contribution is 2.20. The Hall–Kier alpha value is -1.22. The van der Waals surface area contributed by atoms with Crippen molar-refractivity contribution < 1.29 is 4.79 Å². The number of halogens is 1. The number of hydrogen-bond acceptors (Lipinski definition) is 2. The summed E-state index contributed by atoms with van der Waals surface area (Å²) >= 11 is 5.76. The Morgan fingerprint density at radius 1 is 1.57 bits per heavy atom. The van der Waals surface area contributed by atoms with Gasteiger partial charge < -0.3 is 11.5 Å². The fraction of sp³-hybridized carbons (Fsp3) is 0.300. The standard InChI is InChI=1S/C10H13ClN2O/c1-6(10(13)14)4-7-2-3-8(11)9(12)5-7/h2-3,5-6H,4,12H2,1H3,(H2,13,14). The summed E-state index contributed by atoms with van der Waals surface area (Å²) in [5, 5.41) is 0.528. The Morgan fingerprint density at radius 2 is 2.21 bits per heavy atom. The zero-order chi connectivity index (χ0) is 10.7. The predicted molar refractivity (Wildman–Crippen MR) is 57.9 cm³/mol. The number of hydrogen-bond donors (Lipinski definition) is 2. The van der Waals surface area contributed by atoms with Crippen LogP contribution in [0.25, 0.3) is 0 Å². The Balaban J connectivity index is 2.78. The molecule has 0 aliphatic heterocycles. The van der Waals surface area contributed by atoms with E-state index in [0.717, 1.165) is 5.56 Å². The molecule has 4 heteroatoms. The highest BCUT2D eigenvalue weighted by Gasteiger charge is 2.09. The number of rotatable bonds is 3. The molecule has 0 aromatic heterocycles. The number of amides is 1. The molecule has 14 heavy (non-hydrogen) atoms. The van der Waals surface area contributed by atoms with Crippen molar-refractivity contribution in [2.45, 2.75) is 13.3 Å². The van der Waals surface area contributed by atoms with Crippen LogP contribution in [0.4, 0.5) is 5.69 Å². The lowest BCUT2D eigenvalue weighted by Crippen LogP contribution is -2.22. The van der Waals surface area contributed by atoms with Crippen LogP contribution in [0, 0.1) is 5.92 Å². The van der Waals surface area contributed by atoms with Gasteiger partial charge in [-0.25, -0.2) is 0 Å². The lowest BCUT2D eigenvalue weighted by molar-refractivity contribution is -0.121. The van der Waals surface area contributed by atoms with Gasteiger partial charge in [-0.3, -0.25) is 4.79 Å². The number of anilines is 1. The van der Waals surface area contributed by atoms with Gasteiger partial charge in [0, 0.05) is 5.92 Å². The summed E-state index contributed by atoms with van der Waals surface area (Å²) in [5.74, 6) is -0.492. The van der Waals surface area contributed by atoms with E-state index in [0.29, 0.717) is 17.1 Å². The van der Waals surface area contributed by atoms with Crippen LogP contribution in [0.1, 0.15) is 12.5 Å². The summed E-state index contributed by atoms with van der Waals surface area (Å²) in [6.07, 6.45) is 0.594. The predicted octanol–water partition coefficient (Wildman–Crippen LogP) is 1.59. The Bertz CT molecular complexity index is 352. The van der Waals surface area contributed by atoms with Crippen molar-refractivity contribution in [3.63, 3.8) is 0 Å². The van der Waals surface area contributed by atoms with E-state index >= 15 is 0 Å². The number of nitrogens with two attached hydrogens (primary N) is 2. The summed E-state index contributed by atoms with van der Waals surface area (Å²) in [6.45, 7) is 1.78. The Labute approximate surface area is 88.0 Å². The van der Waals surface area contributed by atoms with Gasteiger partial charge in [-0.2, -0.15) is 0 Å². The normalized spacial score (nSPS) is 12.4. The second-order valence-corrected chi connectivity index (χ2v) is 3.77. The van der Waals surface area contributed by atoms with E-state index in [1.54, 1.807) is 19.1 Å². The molecule has 0 heterocycles. The second kappa shape index (κ2) is 4.33. The van der Waals surface area contributed by atoms with Crippen molar-refractivity contribution in [2.24, 2.45) is 11.7 Å². The van der Waals surface area contributed by atoms with Crippen molar-refractivity contribution in [3.8, 4) is 0 Å². The molecule has 1 rings (SSSR count). The molecule has 3 nitrogen and oxygen atoms in total. The zero-order valence-electron chi connectivity index (χ0n) is 7.96. The van der Waals surface area contributed by atoms with Gasteiger partial charge in [0.15, 0.2) is 0 Å². The molecule has 0 saturated carbocycles. The molecule has 0 aliphatic rings. The summed E-state index contributed by atoms with van der Waals surface area (Å²) in [5.41, 5.74) is 12.3. The third-order valence-corrected chi connectivity index (χ3v) is 2.43. The fourth-order valence-electron chi connectivity index (χ4n) is 1.17. The smallest absolute Gasteiger partial charge is 0.220 e. The SMILES string of the molecule is CC(Cc1ccc(Cl)c(N)c1)C(N)=O. The van der Waals surface area contributed by atoms with E-state index in [9.17, 15) is 4.79 Å². The van der Waals surface area contributed by atoms with Crippen molar-refractivity contribution in [2.75, 3.05) is 5.73 Å². The highest BCUT2D eigenvalue weighted by atomic mass is 35.5. The summed E-state index contributed by atoms with van der Waals surface area (Å²) in [7, 11) is 0. The van der Waals surface area contributed by atoms with E-state index in [1.165, 1.54) is 0 Å². The molecular weight excluding hydrogens is 200 g/mol. The quantitative estimate of drug-likeness (QED) is 0.747. The third kappa shape index (κ3) is 2.64. The van der Waals surface area contributed by atoms with E-state index in [-0.39, 0.29) is 11.8 Å². The van der Waals surface area contributed by atoms with Gasteiger partial charge in [-0.05, 0) is 24.1 Å². The van der Waals surface area contributed by atoms with Crippen molar-refractivity contribution in [1.29, 1.82) is 0 Å². The molecule has 1 aromatic rings. The van der Waals surface area contributed by atoms with Crippen LogP contribution in [0.5, 0.6) is 0 Å². The molecule has 0 bridgehead atoms. The Morgan fingerprint density at radius 3 is 2.71 bits per heavy atom. The van der Waals surface area contributed by atoms with Crippen molar-refractivity contribution in [1.82, 2.24) is 0 Å². The molecule has 4 N–H and O–H groups in total. The molecule has 76 valence electrons. The number of carbonyl (C=O) groups is 1. The first kappa shape index (κ1) is 10.9. The van der Waals surface area contributed by atoms with Gasteiger partial charge in [0.1, 0.15) is 0 Å². The fourth-order valence-corrected chi connectivity index (χ4v) is 1.29. The maximum Gasteiger partial charge on any atom is 0.220 e. The average molecular weight is 213 g/mol. The van der Waals surface area contributed by atoms with Crippen molar-refractivity contribution >= 4 is 23.2 Å².